The van der Waals surface area contributed by atoms with Crippen LogP contribution in [0.2, 0.25) is 0 Å². The zero-order valence-electron chi connectivity index (χ0n) is 13.4. The summed E-state index contributed by atoms with van der Waals surface area (Å²) in [6.45, 7) is 6.78. The Morgan fingerprint density at radius 1 is 1.15 bits per heavy atom. The molecule has 0 aliphatic heterocycles. The summed E-state index contributed by atoms with van der Waals surface area (Å²) in [5.74, 6) is 2.20. The quantitative estimate of drug-likeness (QED) is 0.834. The average Bonchev–Trinajstić information content (AvgIpc) is 2.41. The molecule has 0 aromatic heterocycles. The molecule has 2 saturated carbocycles. The Morgan fingerprint density at radius 3 is 2.55 bits per heavy atom. The molecular formula is C17H32N2O. The van der Waals surface area contributed by atoms with Gasteiger partial charge in [0.25, 0.3) is 0 Å². The van der Waals surface area contributed by atoms with Crippen LogP contribution in [0.4, 0.5) is 0 Å². The molecule has 0 aromatic rings. The average molecular weight is 280 g/mol. The topological polar surface area (TPSA) is 55.1 Å². The number of nitrogens with one attached hydrogen (secondary N) is 1. The van der Waals surface area contributed by atoms with E-state index in [2.05, 4.69) is 26.1 Å². The van der Waals surface area contributed by atoms with E-state index in [9.17, 15) is 4.79 Å². The normalized spacial score (nSPS) is 38.8. The van der Waals surface area contributed by atoms with Gasteiger partial charge in [0, 0.05) is 18.0 Å². The van der Waals surface area contributed by atoms with Crippen LogP contribution in [-0.2, 0) is 4.79 Å². The maximum Gasteiger partial charge on any atom is 0.223 e. The number of hydrogen-bond acceptors (Lipinski definition) is 2. The van der Waals surface area contributed by atoms with Crippen molar-refractivity contribution in [3.8, 4) is 0 Å². The Morgan fingerprint density at radius 2 is 1.85 bits per heavy atom. The van der Waals surface area contributed by atoms with Gasteiger partial charge in [0.05, 0.1) is 0 Å². The van der Waals surface area contributed by atoms with E-state index < -0.39 is 0 Å². The number of nitrogens with two attached hydrogens (primary N) is 1. The van der Waals surface area contributed by atoms with Gasteiger partial charge < -0.3 is 11.1 Å². The molecule has 20 heavy (non-hydrogen) atoms. The zero-order valence-corrected chi connectivity index (χ0v) is 13.4. The van der Waals surface area contributed by atoms with Gasteiger partial charge in [0.15, 0.2) is 0 Å². The SMILES string of the molecule is CC(C)C1CCCCC1NC(=O)C1CC(N)CCC1C. The fourth-order valence-electron chi connectivity index (χ4n) is 4.15. The van der Waals surface area contributed by atoms with Crippen molar-refractivity contribution < 1.29 is 4.79 Å². The molecule has 0 saturated heterocycles. The van der Waals surface area contributed by atoms with Gasteiger partial charge in [0.1, 0.15) is 0 Å². The van der Waals surface area contributed by atoms with Crippen molar-refractivity contribution in [2.75, 3.05) is 0 Å². The summed E-state index contributed by atoms with van der Waals surface area (Å²) in [7, 11) is 0. The first-order valence-corrected chi connectivity index (χ1v) is 8.55. The first-order valence-electron chi connectivity index (χ1n) is 8.55. The van der Waals surface area contributed by atoms with Gasteiger partial charge in [-0.25, -0.2) is 0 Å². The molecule has 3 heteroatoms. The number of carbonyl (C=O) groups excluding carboxylic acids is 1. The standard InChI is InChI=1S/C17H32N2O/c1-11(2)14-6-4-5-7-16(14)19-17(20)15-10-13(18)9-8-12(15)3/h11-16H,4-10,18H2,1-3H3,(H,19,20). The Kier molecular flexibility index (Phi) is 5.48. The summed E-state index contributed by atoms with van der Waals surface area (Å²) in [6.07, 6.45) is 8.03. The van der Waals surface area contributed by atoms with Crippen LogP contribution in [0, 0.1) is 23.7 Å². The van der Waals surface area contributed by atoms with Crippen LogP contribution >= 0.6 is 0 Å². The van der Waals surface area contributed by atoms with E-state index in [-0.39, 0.29) is 17.9 Å². The first kappa shape index (κ1) is 15.8. The third-order valence-electron chi connectivity index (χ3n) is 5.58. The van der Waals surface area contributed by atoms with Crippen molar-refractivity contribution in [1.82, 2.24) is 5.32 Å². The highest BCUT2D eigenvalue weighted by Crippen LogP contribution is 2.33. The third kappa shape index (κ3) is 3.75. The molecule has 2 rings (SSSR count). The molecule has 2 aliphatic carbocycles. The van der Waals surface area contributed by atoms with Gasteiger partial charge in [-0.05, 0) is 49.9 Å². The summed E-state index contributed by atoms with van der Waals surface area (Å²) in [5.41, 5.74) is 6.05. The second kappa shape index (κ2) is 6.93. The molecule has 0 bridgehead atoms. The van der Waals surface area contributed by atoms with E-state index in [1.54, 1.807) is 0 Å². The van der Waals surface area contributed by atoms with Gasteiger partial charge in [-0.15, -0.1) is 0 Å². The van der Waals surface area contributed by atoms with E-state index in [4.69, 9.17) is 5.73 Å². The predicted molar refractivity (Wildman–Crippen MR) is 83.2 cm³/mol. The van der Waals surface area contributed by atoms with E-state index in [1.807, 2.05) is 0 Å². The molecule has 0 heterocycles. The lowest BCUT2D eigenvalue weighted by molar-refractivity contribution is -0.129. The Hall–Kier alpha value is -0.570. The van der Waals surface area contributed by atoms with Gasteiger partial charge in [-0.2, -0.15) is 0 Å². The summed E-state index contributed by atoms with van der Waals surface area (Å²) in [4.78, 5) is 12.6. The smallest absolute Gasteiger partial charge is 0.223 e. The highest BCUT2D eigenvalue weighted by Gasteiger charge is 2.34. The van der Waals surface area contributed by atoms with E-state index in [0.29, 0.717) is 23.8 Å². The lowest BCUT2D eigenvalue weighted by atomic mass is 9.75. The van der Waals surface area contributed by atoms with Gasteiger partial charge in [-0.3, -0.25) is 4.79 Å². The molecule has 2 fully saturated rings. The van der Waals surface area contributed by atoms with E-state index in [0.717, 1.165) is 25.7 Å². The summed E-state index contributed by atoms with van der Waals surface area (Å²) in [6, 6.07) is 0.607. The maximum absolute atomic E-state index is 12.6. The molecular weight excluding hydrogens is 248 g/mol. The predicted octanol–water partition coefficient (Wildman–Crippen LogP) is 3.08. The molecule has 3 N–H and O–H groups in total. The lowest BCUT2D eigenvalue weighted by Crippen LogP contribution is -2.49. The van der Waals surface area contributed by atoms with Crippen molar-refractivity contribution in [2.45, 2.75) is 77.8 Å². The maximum atomic E-state index is 12.6. The van der Waals surface area contributed by atoms with Crippen LogP contribution in [0.5, 0.6) is 0 Å². The molecule has 5 atom stereocenters. The van der Waals surface area contributed by atoms with Crippen LogP contribution < -0.4 is 11.1 Å². The highest BCUT2D eigenvalue weighted by atomic mass is 16.2. The third-order valence-corrected chi connectivity index (χ3v) is 5.58. The minimum atomic E-state index is 0.133. The molecule has 3 nitrogen and oxygen atoms in total. The number of rotatable bonds is 3. The van der Waals surface area contributed by atoms with Crippen molar-refractivity contribution >= 4 is 5.91 Å². The minimum absolute atomic E-state index is 0.133. The first-order chi connectivity index (χ1) is 9.49. The fourth-order valence-corrected chi connectivity index (χ4v) is 4.15. The molecule has 116 valence electrons. The molecule has 5 unspecified atom stereocenters. The summed E-state index contributed by atoms with van der Waals surface area (Å²) < 4.78 is 0. The van der Waals surface area contributed by atoms with E-state index in [1.165, 1.54) is 19.3 Å². The highest BCUT2D eigenvalue weighted by molar-refractivity contribution is 5.79. The Labute approximate surface area is 124 Å². The summed E-state index contributed by atoms with van der Waals surface area (Å²) in [5, 5.41) is 3.38. The monoisotopic (exact) mass is 280 g/mol. The molecule has 2 aliphatic rings. The van der Waals surface area contributed by atoms with Crippen LogP contribution in [0.3, 0.4) is 0 Å². The lowest BCUT2D eigenvalue weighted by Gasteiger charge is -2.38. The summed E-state index contributed by atoms with van der Waals surface area (Å²) >= 11 is 0. The van der Waals surface area contributed by atoms with Crippen LogP contribution in [0.25, 0.3) is 0 Å². The zero-order chi connectivity index (χ0) is 14.7. The second-order valence-electron chi connectivity index (χ2n) is 7.46. The van der Waals surface area contributed by atoms with E-state index >= 15 is 0 Å². The van der Waals surface area contributed by atoms with Gasteiger partial charge in [0.2, 0.25) is 5.91 Å². The van der Waals surface area contributed by atoms with Crippen molar-refractivity contribution in [3.63, 3.8) is 0 Å². The number of hydrogen-bond donors (Lipinski definition) is 2. The molecule has 0 aromatic carbocycles. The number of amides is 1. The van der Waals surface area contributed by atoms with Crippen molar-refractivity contribution in [1.29, 1.82) is 0 Å². The van der Waals surface area contributed by atoms with Crippen LogP contribution in [-0.4, -0.2) is 18.0 Å². The van der Waals surface area contributed by atoms with Crippen molar-refractivity contribution in [2.24, 2.45) is 29.4 Å². The molecule has 1 amide bonds. The number of carbonyl (C=O) groups is 1. The largest absolute Gasteiger partial charge is 0.353 e. The van der Waals surface area contributed by atoms with Crippen LogP contribution in [0.15, 0.2) is 0 Å². The van der Waals surface area contributed by atoms with Crippen molar-refractivity contribution in [3.05, 3.63) is 0 Å². The van der Waals surface area contributed by atoms with Gasteiger partial charge >= 0.3 is 0 Å². The minimum Gasteiger partial charge on any atom is -0.353 e. The van der Waals surface area contributed by atoms with Gasteiger partial charge in [-0.1, -0.05) is 33.6 Å². The fraction of sp³-hybridized carbons (Fsp3) is 0.941. The molecule has 0 radical (unpaired) electrons. The van der Waals surface area contributed by atoms with Crippen LogP contribution in [0.1, 0.15) is 65.7 Å². The second-order valence-corrected chi connectivity index (χ2v) is 7.46. The Bertz CT molecular complexity index is 329. The Balaban J connectivity index is 1.95. The molecule has 0 spiro atoms.